The number of nitro benzene ring substituents is 1. The number of methoxy groups -OCH3 is 1. The number of hydrogen-bond donors (Lipinski definition) is 1. The zero-order valence-corrected chi connectivity index (χ0v) is 36.8. The predicted octanol–water partition coefficient (Wildman–Crippen LogP) is 7.31. The predicted molar refractivity (Wildman–Crippen MR) is 244 cm³/mol. The van der Waals surface area contributed by atoms with Crippen molar-refractivity contribution in [2.24, 2.45) is 11.0 Å². The number of aliphatic hydroxyl groups is 1. The summed E-state index contributed by atoms with van der Waals surface area (Å²) in [5, 5.41) is 29.6. The van der Waals surface area contributed by atoms with E-state index in [9.17, 15) is 24.8 Å². The van der Waals surface area contributed by atoms with Crippen LogP contribution in [0.25, 0.3) is 0 Å². The normalized spacial score (nSPS) is 20.8. The summed E-state index contributed by atoms with van der Waals surface area (Å²) in [6, 6.07) is 39.0. The molecule has 3 heterocycles. The number of nitrogens with zero attached hydrogens (tertiary/aromatic N) is 5. The Kier molecular flexibility index (Phi) is 12.1. The maximum Gasteiger partial charge on any atom is 0.269 e. The second-order valence-corrected chi connectivity index (χ2v) is 21.7. The number of non-ortho nitro benzene ring substituents is 1. The lowest BCUT2D eigenvalue weighted by atomic mass is 9.82. The van der Waals surface area contributed by atoms with Gasteiger partial charge in [0.1, 0.15) is 5.75 Å². The largest absolute Gasteiger partial charge is 0.497 e. The lowest BCUT2D eigenvalue weighted by Gasteiger charge is -2.37. The fraction of sp³-hybridized carbons (Fsp3) is 0.306. The third kappa shape index (κ3) is 8.17. The number of hydrogen-bond acceptors (Lipinski definition) is 9. The molecule has 5 aromatic carbocycles. The van der Waals surface area contributed by atoms with Gasteiger partial charge in [0.25, 0.3) is 11.6 Å². The maximum atomic E-state index is 15.4. The average molecular weight is 866 g/mol. The number of ether oxygens (including phenoxy) is 2. The average Bonchev–Trinajstić information content (AvgIpc) is 3.72. The van der Waals surface area contributed by atoms with Gasteiger partial charge in [0, 0.05) is 49.5 Å². The third-order valence-electron chi connectivity index (χ3n) is 13.0. The molecule has 324 valence electrons. The Morgan fingerprint density at radius 1 is 0.937 bits per heavy atom. The highest BCUT2D eigenvalue weighted by Gasteiger charge is 2.67. The second-order valence-electron chi connectivity index (χ2n) is 17.0. The van der Waals surface area contributed by atoms with Gasteiger partial charge in [0.05, 0.1) is 62.9 Å². The van der Waals surface area contributed by atoms with E-state index in [1.165, 1.54) is 17.1 Å². The lowest BCUT2D eigenvalue weighted by Crippen LogP contribution is -2.52. The number of anilines is 2. The molecule has 63 heavy (non-hydrogen) atoms. The van der Waals surface area contributed by atoms with Crippen LogP contribution in [0.15, 0.2) is 132 Å². The Bertz CT molecular complexity index is 2540. The molecule has 0 saturated carbocycles. The molecule has 13 nitrogen and oxygen atoms in total. The van der Waals surface area contributed by atoms with Crippen molar-refractivity contribution in [3.05, 3.63) is 160 Å². The molecule has 1 fully saturated rings. The van der Waals surface area contributed by atoms with Gasteiger partial charge in [-0.15, -0.1) is 0 Å². The van der Waals surface area contributed by atoms with Gasteiger partial charge in [0.15, 0.2) is 5.60 Å². The smallest absolute Gasteiger partial charge is 0.269 e. The zero-order chi connectivity index (χ0) is 44.5. The fourth-order valence-corrected chi connectivity index (χ4v) is 13.8. The van der Waals surface area contributed by atoms with Gasteiger partial charge in [-0.3, -0.25) is 24.5 Å². The maximum absolute atomic E-state index is 15.4. The molecule has 14 heteroatoms. The summed E-state index contributed by atoms with van der Waals surface area (Å²) < 4.78 is 12.6. The first kappa shape index (κ1) is 43.2. The first-order valence-corrected chi connectivity index (χ1v) is 24.3. The number of carbonyl (C=O) groups excluding carboxylic acids is 3. The standard InChI is InChI=1S/C49H51N5O8Si/c1-33-47(63(3,4)40-22-20-39(61-2)21-23-40)44(30-46(57)51(27-28-55)31-34-11-7-5-8-12-34)62-49(33)41-29-38(54(59)60)19-25-43(41)52(48(49)58)32-35-15-17-37(18-16-35)53-45(56)26-24-42(50-53)36-13-9-6-10-14-36/h5-23,25,29,33,44,47,55H,24,26-28,30-32H2,1-4H3/t33-,44+,47-,49+/m0/s1. The van der Waals surface area contributed by atoms with Crippen LogP contribution in [0.5, 0.6) is 5.75 Å². The number of aliphatic hydroxyl groups excluding tert-OH is 1. The number of nitro groups is 1. The Hall–Kier alpha value is -6.48. The molecule has 3 aliphatic rings. The Balaban J connectivity index is 1.16. The molecule has 5 aromatic rings. The first-order valence-electron chi connectivity index (χ1n) is 21.3. The molecule has 0 bridgehead atoms. The number of rotatable bonds is 14. The number of carbonyl (C=O) groups is 3. The van der Waals surface area contributed by atoms with E-state index in [1.54, 1.807) is 35.1 Å². The van der Waals surface area contributed by atoms with Gasteiger partial charge >= 0.3 is 0 Å². The van der Waals surface area contributed by atoms with Crippen molar-refractivity contribution < 1.29 is 33.9 Å². The van der Waals surface area contributed by atoms with E-state index >= 15 is 4.79 Å². The van der Waals surface area contributed by atoms with E-state index in [-0.39, 0.29) is 61.6 Å². The summed E-state index contributed by atoms with van der Waals surface area (Å²) in [4.78, 5) is 58.1. The quantitative estimate of drug-likeness (QED) is 0.0693. The SMILES string of the molecule is COc1ccc([Si](C)(C)[C@@H]2[C@@H](CC(=O)N(CCO)Cc3ccccc3)O[C@]3(C(=O)N(Cc4ccc(N5N=C(c6ccccc6)CCC5=O)cc4)c4ccc([N+](=O)[O-])cc43)[C@H]2C)cc1. The fourth-order valence-electron chi connectivity index (χ4n) is 9.81. The summed E-state index contributed by atoms with van der Waals surface area (Å²) in [6.45, 7) is 6.66. The van der Waals surface area contributed by atoms with Gasteiger partial charge < -0.3 is 24.4 Å². The highest BCUT2D eigenvalue weighted by molar-refractivity contribution is 6.91. The van der Waals surface area contributed by atoms with E-state index in [0.29, 0.717) is 35.5 Å². The molecule has 1 spiro atoms. The van der Waals surface area contributed by atoms with E-state index in [4.69, 9.17) is 14.6 Å². The highest BCUT2D eigenvalue weighted by Crippen LogP contribution is 2.60. The third-order valence-corrected chi connectivity index (χ3v) is 17.4. The van der Waals surface area contributed by atoms with Crippen LogP contribution in [-0.2, 0) is 37.8 Å². The van der Waals surface area contributed by atoms with Crippen molar-refractivity contribution in [3.63, 3.8) is 0 Å². The van der Waals surface area contributed by atoms with Crippen LogP contribution in [0.3, 0.4) is 0 Å². The molecule has 0 radical (unpaired) electrons. The first-order chi connectivity index (χ1) is 30.3. The molecule has 4 atom stereocenters. The van der Waals surface area contributed by atoms with E-state index in [0.717, 1.165) is 27.6 Å². The molecule has 1 N–H and O–H groups in total. The van der Waals surface area contributed by atoms with Crippen molar-refractivity contribution in [2.45, 2.75) is 69.6 Å². The van der Waals surface area contributed by atoms with Crippen LogP contribution >= 0.6 is 0 Å². The van der Waals surface area contributed by atoms with Crippen LogP contribution in [0, 0.1) is 16.0 Å². The molecule has 1 saturated heterocycles. The summed E-state index contributed by atoms with van der Waals surface area (Å²) >= 11 is 0. The summed E-state index contributed by atoms with van der Waals surface area (Å²) in [5.41, 5.74) is 2.76. The minimum absolute atomic E-state index is 0.0706. The van der Waals surface area contributed by atoms with Gasteiger partial charge in [-0.2, -0.15) is 5.10 Å². The van der Waals surface area contributed by atoms with Gasteiger partial charge in [-0.1, -0.05) is 110 Å². The molecule has 0 unspecified atom stereocenters. The molecule has 3 amide bonds. The van der Waals surface area contributed by atoms with Crippen LogP contribution < -0.4 is 19.8 Å². The monoisotopic (exact) mass is 865 g/mol. The van der Waals surface area contributed by atoms with Gasteiger partial charge in [-0.05, 0) is 52.6 Å². The molecular formula is C49H51N5O8Si. The van der Waals surface area contributed by atoms with Gasteiger partial charge in [-0.25, -0.2) is 5.01 Å². The van der Waals surface area contributed by atoms with E-state index in [2.05, 4.69) is 13.1 Å². The Labute approximate surface area is 367 Å². The second kappa shape index (κ2) is 17.7. The highest BCUT2D eigenvalue weighted by atomic mass is 28.3. The van der Waals surface area contributed by atoms with Gasteiger partial charge in [0.2, 0.25) is 11.8 Å². The number of fused-ring (bicyclic) bond motifs is 2. The molecule has 8 rings (SSSR count). The zero-order valence-electron chi connectivity index (χ0n) is 35.8. The van der Waals surface area contributed by atoms with Crippen molar-refractivity contribution in [3.8, 4) is 5.75 Å². The summed E-state index contributed by atoms with van der Waals surface area (Å²) in [5.74, 6) is -0.548. The summed E-state index contributed by atoms with van der Waals surface area (Å²) in [6.07, 6.45) is 0.0308. The van der Waals surface area contributed by atoms with Crippen LogP contribution in [-0.4, -0.2) is 72.8 Å². The lowest BCUT2D eigenvalue weighted by molar-refractivity contribution is -0.385. The van der Waals surface area contributed by atoms with Crippen molar-refractivity contribution >= 4 is 53.8 Å². The van der Waals surface area contributed by atoms with Crippen LogP contribution in [0.4, 0.5) is 17.1 Å². The Morgan fingerprint density at radius 2 is 1.62 bits per heavy atom. The van der Waals surface area contributed by atoms with E-state index < -0.39 is 30.6 Å². The molecule has 3 aliphatic heterocycles. The summed E-state index contributed by atoms with van der Waals surface area (Å²) in [7, 11) is -1.07. The minimum atomic E-state index is -2.68. The van der Waals surface area contributed by atoms with Crippen molar-refractivity contribution in [2.75, 3.05) is 30.2 Å². The number of amides is 3. The molecule has 0 aromatic heterocycles. The minimum Gasteiger partial charge on any atom is -0.497 e. The van der Waals surface area contributed by atoms with E-state index in [1.807, 2.05) is 104 Å². The Morgan fingerprint density at radius 3 is 2.27 bits per heavy atom. The number of hydrazone groups is 1. The van der Waals surface area contributed by atoms with Crippen LogP contribution in [0.1, 0.15) is 48.4 Å². The molecular weight excluding hydrogens is 815 g/mol. The number of benzene rings is 5. The van der Waals surface area contributed by atoms with Crippen molar-refractivity contribution in [1.82, 2.24) is 4.90 Å². The van der Waals surface area contributed by atoms with Crippen LogP contribution in [0.2, 0.25) is 18.6 Å². The van der Waals surface area contributed by atoms with Crippen molar-refractivity contribution in [1.29, 1.82) is 0 Å². The molecule has 0 aliphatic carbocycles. The topological polar surface area (TPSA) is 155 Å².